The monoisotopic (exact) mass is 306 g/mol. The largest absolute Gasteiger partial charge is 0.492 e. The van der Waals surface area contributed by atoms with Gasteiger partial charge < -0.3 is 10.5 Å². The van der Waals surface area contributed by atoms with Gasteiger partial charge in [-0.1, -0.05) is 24.3 Å². The van der Waals surface area contributed by atoms with E-state index in [0.29, 0.717) is 18.8 Å². The Bertz CT molecular complexity index is 680. The van der Waals surface area contributed by atoms with Crippen LogP contribution in [0.5, 0.6) is 5.75 Å². The van der Waals surface area contributed by atoms with Crippen LogP contribution in [0.3, 0.4) is 0 Å². The van der Waals surface area contributed by atoms with E-state index in [1.165, 1.54) is 0 Å². The minimum absolute atomic E-state index is 0.483. The summed E-state index contributed by atoms with van der Waals surface area (Å²) in [6, 6.07) is 14.9. The fraction of sp³-hybridized carbons (Fsp3) is 0.200. The molecule has 2 rings (SSSR count). The number of benzene rings is 2. The van der Waals surface area contributed by atoms with E-state index in [4.69, 9.17) is 10.5 Å². The van der Waals surface area contributed by atoms with E-state index in [9.17, 15) is 8.42 Å². The zero-order valence-corrected chi connectivity index (χ0v) is 12.6. The molecule has 0 bridgehead atoms. The summed E-state index contributed by atoms with van der Waals surface area (Å²) in [6.07, 6.45) is 1.13. The van der Waals surface area contributed by atoms with Crippen LogP contribution >= 0.6 is 0 Å². The molecular weight excluding hydrogens is 288 g/mol. The average Bonchev–Trinajstić information content (AvgIpc) is 2.45. The third-order valence-electron chi connectivity index (χ3n) is 2.76. The number of nitrogens with one attached hydrogen (secondary N) is 1. The summed E-state index contributed by atoms with van der Waals surface area (Å²) in [5.74, 6) is 0.777. The highest BCUT2D eigenvalue weighted by Crippen LogP contribution is 2.24. The Kier molecular flexibility index (Phi) is 4.82. The molecule has 0 unspecified atom stereocenters. The summed E-state index contributed by atoms with van der Waals surface area (Å²) in [6.45, 7) is 0.974. The summed E-state index contributed by atoms with van der Waals surface area (Å²) in [5, 5.41) is 0. The Labute approximate surface area is 124 Å². The van der Waals surface area contributed by atoms with E-state index in [0.717, 1.165) is 23.1 Å². The number of hydrogen-bond acceptors (Lipinski definition) is 4. The molecule has 0 aliphatic heterocycles. The normalized spacial score (nSPS) is 11.1. The number of rotatable bonds is 6. The predicted octanol–water partition coefficient (Wildman–Crippen LogP) is 2.06. The number of hydrogen-bond donors (Lipinski definition) is 2. The molecule has 0 spiro atoms. The van der Waals surface area contributed by atoms with Crippen LogP contribution in [0, 0.1) is 0 Å². The lowest BCUT2D eigenvalue weighted by Crippen LogP contribution is -2.10. The standard InChI is InChI=1S/C15H18N2O3S/c1-21(18,19)17-14-6-2-12(3-7-14)13-4-8-15(9-5-13)20-11-10-16/h2-9,17H,10-11,16H2,1H3. The van der Waals surface area contributed by atoms with E-state index in [1.807, 2.05) is 36.4 Å². The van der Waals surface area contributed by atoms with Crippen LogP contribution in [0.1, 0.15) is 0 Å². The zero-order chi connectivity index (χ0) is 15.3. The van der Waals surface area contributed by atoms with E-state index in [2.05, 4.69) is 4.72 Å². The van der Waals surface area contributed by atoms with Crippen molar-refractivity contribution in [3.05, 3.63) is 48.5 Å². The lowest BCUT2D eigenvalue weighted by Gasteiger charge is -2.08. The Hall–Kier alpha value is -2.05. The highest BCUT2D eigenvalue weighted by Gasteiger charge is 2.03. The van der Waals surface area contributed by atoms with Crippen LogP contribution in [0.15, 0.2) is 48.5 Å². The van der Waals surface area contributed by atoms with Gasteiger partial charge in [-0.3, -0.25) is 4.72 Å². The van der Waals surface area contributed by atoms with Gasteiger partial charge in [-0.2, -0.15) is 0 Å². The summed E-state index contributed by atoms with van der Waals surface area (Å²) in [5.41, 5.74) is 7.96. The summed E-state index contributed by atoms with van der Waals surface area (Å²) >= 11 is 0. The van der Waals surface area contributed by atoms with Gasteiger partial charge in [-0.05, 0) is 35.4 Å². The molecule has 2 aromatic carbocycles. The quantitative estimate of drug-likeness (QED) is 0.856. The van der Waals surface area contributed by atoms with Crippen LogP contribution in [-0.2, 0) is 10.0 Å². The molecule has 6 heteroatoms. The fourth-order valence-corrected chi connectivity index (χ4v) is 2.43. The van der Waals surface area contributed by atoms with Crippen LogP contribution < -0.4 is 15.2 Å². The average molecular weight is 306 g/mol. The van der Waals surface area contributed by atoms with Crippen LogP contribution in [0.25, 0.3) is 11.1 Å². The molecule has 0 radical (unpaired) electrons. The Morgan fingerprint density at radius 1 is 1.00 bits per heavy atom. The Morgan fingerprint density at radius 2 is 1.52 bits per heavy atom. The van der Waals surface area contributed by atoms with Gasteiger partial charge in [0, 0.05) is 12.2 Å². The molecule has 5 nitrogen and oxygen atoms in total. The molecule has 0 aliphatic carbocycles. The van der Waals surface area contributed by atoms with E-state index >= 15 is 0 Å². The minimum atomic E-state index is -3.25. The van der Waals surface area contributed by atoms with Crippen LogP contribution in [0.2, 0.25) is 0 Å². The third-order valence-corrected chi connectivity index (χ3v) is 3.37. The summed E-state index contributed by atoms with van der Waals surface area (Å²) in [4.78, 5) is 0. The van der Waals surface area contributed by atoms with Crippen molar-refractivity contribution in [3.8, 4) is 16.9 Å². The van der Waals surface area contributed by atoms with Crippen molar-refractivity contribution >= 4 is 15.7 Å². The van der Waals surface area contributed by atoms with Crippen molar-refractivity contribution in [3.63, 3.8) is 0 Å². The molecule has 21 heavy (non-hydrogen) atoms. The first-order valence-electron chi connectivity index (χ1n) is 6.49. The molecular formula is C15H18N2O3S. The van der Waals surface area contributed by atoms with Gasteiger partial charge in [0.1, 0.15) is 12.4 Å². The molecule has 0 saturated heterocycles. The minimum Gasteiger partial charge on any atom is -0.492 e. The first-order chi connectivity index (χ1) is 9.98. The van der Waals surface area contributed by atoms with Crippen molar-refractivity contribution in [2.45, 2.75) is 0 Å². The summed E-state index contributed by atoms with van der Waals surface area (Å²) in [7, 11) is -3.25. The second-order valence-corrected chi connectivity index (χ2v) is 6.36. The third kappa shape index (κ3) is 4.77. The van der Waals surface area contributed by atoms with E-state index < -0.39 is 10.0 Å². The molecule has 0 saturated carbocycles. The summed E-state index contributed by atoms with van der Waals surface area (Å²) < 4.78 is 30.1. The number of sulfonamides is 1. The molecule has 0 heterocycles. The molecule has 0 aromatic heterocycles. The molecule has 2 aromatic rings. The maximum Gasteiger partial charge on any atom is 0.229 e. The van der Waals surface area contributed by atoms with Crippen molar-refractivity contribution < 1.29 is 13.2 Å². The molecule has 0 amide bonds. The van der Waals surface area contributed by atoms with Crippen molar-refractivity contribution in [2.75, 3.05) is 24.1 Å². The topological polar surface area (TPSA) is 81.4 Å². The highest BCUT2D eigenvalue weighted by atomic mass is 32.2. The second-order valence-electron chi connectivity index (χ2n) is 4.61. The number of anilines is 1. The van der Waals surface area contributed by atoms with Gasteiger partial charge in [0.15, 0.2) is 0 Å². The Balaban J connectivity index is 2.11. The number of nitrogens with two attached hydrogens (primary N) is 1. The first-order valence-corrected chi connectivity index (χ1v) is 8.38. The lowest BCUT2D eigenvalue weighted by molar-refractivity contribution is 0.328. The van der Waals surface area contributed by atoms with Gasteiger partial charge in [-0.15, -0.1) is 0 Å². The maximum atomic E-state index is 11.1. The molecule has 0 fully saturated rings. The van der Waals surface area contributed by atoms with Crippen molar-refractivity contribution in [1.29, 1.82) is 0 Å². The highest BCUT2D eigenvalue weighted by molar-refractivity contribution is 7.92. The van der Waals surface area contributed by atoms with Gasteiger partial charge in [-0.25, -0.2) is 8.42 Å². The van der Waals surface area contributed by atoms with Crippen molar-refractivity contribution in [1.82, 2.24) is 0 Å². The van der Waals surface area contributed by atoms with Gasteiger partial charge >= 0.3 is 0 Å². The second kappa shape index (κ2) is 6.60. The lowest BCUT2D eigenvalue weighted by atomic mass is 10.1. The molecule has 0 atom stereocenters. The van der Waals surface area contributed by atoms with Gasteiger partial charge in [0.2, 0.25) is 10.0 Å². The van der Waals surface area contributed by atoms with Crippen LogP contribution in [0.4, 0.5) is 5.69 Å². The van der Waals surface area contributed by atoms with Crippen LogP contribution in [-0.4, -0.2) is 27.8 Å². The zero-order valence-electron chi connectivity index (χ0n) is 11.7. The SMILES string of the molecule is CS(=O)(=O)Nc1ccc(-c2ccc(OCCN)cc2)cc1. The first kappa shape index (κ1) is 15.3. The predicted molar refractivity (Wildman–Crippen MR) is 84.9 cm³/mol. The maximum absolute atomic E-state index is 11.1. The van der Waals surface area contributed by atoms with Gasteiger partial charge in [0.05, 0.1) is 6.26 Å². The fourth-order valence-electron chi connectivity index (χ4n) is 1.87. The smallest absolute Gasteiger partial charge is 0.229 e. The van der Waals surface area contributed by atoms with Crippen molar-refractivity contribution in [2.24, 2.45) is 5.73 Å². The molecule has 3 N–H and O–H groups in total. The Morgan fingerprint density at radius 3 is 2.00 bits per heavy atom. The number of ether oxygens (including phenoxy) is 1. The van der Waals surface area contributed by atoms with Gasteiger partial charge in [0.25, 0.3) is 0 Å². The molecule has 112 valence electrons. The van der Waals surface area contributed by atoms with E-state index in [1.54, 1.807) is 12.1 Å². The molecule has 0 aliphatic rings. The van der Waals surface area contributed by atoms with E-state index in [-0.39, 0.29) is 0 Å².